The van der Waals surface area contributed by atoms with Crippen molar-refractivity contribution in [1.29, 1.82) is 5.26 Å². The number of likely N-dealkylation sites (tertiary alicyclic amines) is 3. The molecule has 7 atom stereocenters. The van der Waals surface area contributed by atoms with Crippen LogP contribution in [0.15, 0.2) is 29.2 Å². The number of hydroxylamine groups is 2. The normalized spacial score (nSPS) is 28.0. The van der Waals surface area contributed by atoms with Crippen LogP contribution in [-0.4, -0.2) is 101 Å². The summed E-state index contributed by atoms with van der Waals surface area (Å²) in [4.78, 5) is 51.6. The Morgan fingerprint density at radius 2 is 1.90 bits per heavy atom. The summed E-state index contributed by atoms with van der Waals surface area (Å²) in [5, 5.41) is 13.9. The van der Waals surface area contributed by atoms with Crippen LogP contribution >= 0.6 is 12.0 Å². The quantitative estimate of drug-likeness (QED) is 0.243. The predicted octanol–water partition coefficient (Wildman–Crippen LogP) is 2.87. The van der Waals surface area contributed by atoms with E-state index >= 15 is 0 Å². The zero-order valence-corrected chi connectivity index (χ0v) is 25.8. The van der Waals surface area contributed by atoms with E-state index in [0.717, 1.165) is 28.9 Å². The second kappa shape index (κ2) is 12.0. The van der Waals surface area contributed by atoms with Crippen LogP contribution in [0.1, 0.15) is 58.6 Å². The number of hydrogen-bond donors (Lipinski definition) is 1. The van der Waals surface area contributed by atoms with Crippen LogP contribution in [0.3, 0.4) is 0 Å². The maximum absolute atomic E-state index is 13.8. The molecule has 1 aromatic rings. The average Bonchev–Trinajstić information content (AvgIpc) is 3.23. The number of fused-ring (bicyclic) bond motifs is 3. The number of carbonyl (C=O) groups excluding carboxylic acids is 3. The summed E-state index contributed by atoms with van der Waals surface area (Å²) < 4.78 is 10.6. The van der Waals surface area contributed by atoms with Gasteiger partial charge in [0.1, 0.15) is 17.7 Å². The number of nitriles is 1. The number of rotatable bonds is 10. The fourth-order valence-electron chi connectivity index (χ4n) is 6.42. The van der Waals surface area contributed by atoms with Gasteiger partial charge in [0, 0.05) is 44.2 Å². The summed E-state index contributed by atoms with van der Waals surface area (Å²) in [6.07, 6.45) is 1.53. The molecule has 3 amide bonds. The van der Waals surface area contributed by atoms with Crippen LogP contribution < -0.4 is 5.32 Å². The monoisotopic (exact) mass is 600 g/mol. The van der Waals surface area contributed by atoms with Crippen molar-refractivity contribution in [3.05, 3.63) is 29.8 Å². The maximum Gasteiger partial charge on any atom is 0.408 e. The first kappa shape index (κ1) is 30.6. The lowest BCUT2D eigenvalue weighted by Crippen LogP contribution is -2.59. The number of ether oxygens (including phenoxy) is 1. The lowest BCUT2D eigenvalue weighted by Gasteiger charge is -2.39. The first-order valence-electron chi connectivity index (χ1n) is 14.4. The van der Waals surface area contributed by atoms with Crippen molar-refractivity contribution in [3.8, 4) is 6.07 Å². The minimum atomic E-state index is -0.920. The van der Waals surface area contributed by atoms with Gasteiger partial charge in [0.2, 0.25) is 11.8 Å². The molecule has 0 radical (unpaired) electrons. The summed E-state index contributed by atoms with van der Waals surface area (Å²) in [6, 6.07) is 8.20. The molecule has 5 rings (SSSR count). The van der Waals surface area contributed by atoms with E-state index in [0.29, 0.717) is 25.3 Å². The third-order valence-electron chi connectivity index (χ3n) is 8.32. The van der Waals surface area contributed by atoms with Crippen molar-refractivity contribution in [2.75, 3.05) is 27.2 Å². The van der Waals surface area contributed by atoms with Crippen LogP contribution in [0.5, 0.6) is 0 Å². The molecule has 4 aliphatic rings. The molecule has 0 aromatic heterocycles. The minimum absolute atomic E-state index is 0.00730. The third-order valence-corrected chi connectivity index (χ3v) is 8.91. The highest BCUT2D eigenvalue weighted by molar-refractivity contribution is 7.94. The van der Waals surface area contributed by atoms with E-state index in [-0.39, 0.29) is 42.5 Å². The molecule has 4 fully saturated rings. The smallest absolute Gasteiger partial charge is 0.408 e. The van der Waals surface area contributed by atoms with Gasteiger partial charge in [-0.05, 0) is 70.6 Å². The topological polar surface area (TPSA) is 128 Å². The van der Waals surface area contributed by atoms with Crippen LogP contribution in [-0.2, 0) is 23.6 Å². The highest BCUT2D eigenvalue weighted by Gasteiger charge is 2.56. The van der Waals surface area contributed by atoms with Crippen LogP contribution in [0, 0.1) is 17.2 Å². The van der Waals surface area contributed by atoms with Crippen molar-refractivity contribution in [2.45, 2.75) is 93.7 Å². The Morgan fingerprint density at radius 1 is 1.19 bits per heavy atom. The highest BCUT2D eigenvalue weighted by Crippen LogP contribution is 2.48. The molecule has 228 valence electrons. The molecule has 42 heavy (non-hydrogen) atoms. The number of benzene rings is 1. The summed E-state index contributed by atoms with van der Waals surface area (Å²) in [5.74, 6) is 0.0873. The number of amides is 3. The summed E-state index contributed by atoms with van der Waals surface area (Å²) in [5.41, 5.74) is 0.279. The van der Waals surface area contributed by atoms with Gasteiger partial charge in [-0.25, -0.2) is 4.79 Å². The van der Waals surface area contributed by atoms with Gasteiger partial charge in [-0.2, -0.15) is 10.3 Å². The van der Waals surface area contributed by atoms with Gasteiger partial charge in [-0.1, -0.05) is 12.1 Å². The standard InChI is InChI=1S/C29H40N6O6S/c1-17(18-7-9-22(10-8-18)42-41-40-32(5)6)34-21-13-25(27(34)37)33(15-21)16-23(31-28(38)39-29(2,3)4)26(36)35-20(14-30)11-19-12-24(19)35/h7-10,17,19-21,23-25H,11-13,15-16H2,1-6H3,(H,31,38)/t17-,19-,20+,21-,23+,24+,25-/m1/s1. The lowest BCUT2D eigenvalue weighted by molar-refractivity contribution is -0.340. The molecule has 0 unspecified atom stereocenters. The van der Waals surface area contributed by atoms with Gasteiger partial charge in [-0.3, -0.25) is 14.5 Å². The van der Waals surface area contributed by atoms with Crippen molar-refractivity contribution in [1.82, 2.24) is 25.1 Å². The summed E-state index contributed by atoms with van der Waals surface area (Å²) in [6.45, 7) is 8.08. The van der Waals surface area contributed by atoms with Crippen molar-refractivity contribution >= 4 is 30.0 Å². The average molecular weight is 601 g/mol. The van der Waals surface area contributed by atoms with Gasteiger partial charge in [0.15, 0.2) is 0 Å². The summed E-state index contributed by atoms with van der Waals surface area (Å²) >= 11 is 1.10. The maximum atomic E-state index is 13.8. The van der Waals surface area contributed by atoms with E-state index in [2.05, 4.69) is 11.4 Å². The SMILES string of the molecule is C[C@H](c1ccc(SOON(C)C)cc1)N1C(=O)[C@H]2C[C@@H]1CN2C[C@H](NC(=O)OC(C)(C)C)C(=O)N1[C@H](C#N)C[C@@H]2C[C@@H]21. The van der Waals surface area contributed by atoms with Gasteiger partial charge < -0.3 is 19.9 Å². The Kier molecular flexibility index (Phi) is 8.74. The van der Waals surface area contributed by atoms with Crippen molar-refractivity contribution < 1.29 is 28.4 Å². The number of hydrogen-bond acceptors (Lipinski definition) is 10. The van der Waals surface area contributed by atoms with E-state index in [9.17, 15) is 19.6 Å². The van der Waals surface area contributed by atoms with Gasteiger partial charge in [0.25, 0.3) is 0 Å². The third kappa shape index (κ3) is 6.53. The van der Waals surface area contributed by atoms with E-state index in [1.807, 2.05) is 41.0 Å². The van der Waals surface area contributed by atoms with Crippen LogP contribution in [0.25, 0.3) is 0 Å². The Balaban J connectivity index is 1.24. The molecular formula is C29H40N6O6S. The molecule has 1 aromatic carbocycles. The van der Waals surface area contributed by atoms with Gasteiger partial charge in [-0.15, -0.1) is 9.32 Å². The molecule has 3 aliphatic heterocycles. The van der Waals surface area contributed by atoms with Crippen molar-refractivity contribution in [2.24, 2.45) is 5.92 Å². The second-order valence-electron chi connectivity index (χ2n) is 12.8. The number of nitrogens with one attached hydrogen (secondary N) is 1. The van der Waals surface area contributed by atoms with E-state index in [4.69, 9.17) is 14.1 Å². The zero-order valence-electron chi connectivity index (χ0n) is 25.0. The number of piperazine rings is 1. The lowest BCUT2D eigenvalue weighted by atomic mass is 10.1. The molecule has 1 aliphatic carbocycles. The number of alkyl carbamates (subject to hydrolysis) is 1. The van der Waals surface area contributed by atoms with Crippen molar-refractivity contribution in [3.63, 3.8) is 0 Å². The number of nitrogens with zero attached hydrogens (tertiary/aromatic N) is 5. The molecule has 1 saturated carbocycles. The number of piperidine rings is 1. The van der Waals surface area contributed by atoms with E-state index in [1.54, 1.807) is 39.8 Å². The molecule has 12 nitrogen and oxygen atoms in total. The Labute approximate surface area is 251 Å². The minimum Gasteiger partial charge on any atom is -0.444 e. The molecule has 13 heteroatoms. The van der Waals surface area contributed by atoms with Gasteiger partial charge >= 0.3 is 6.09 Å². The van der Waals surface area contributed by atoms with Crippen LogP contribution in [0.4, 0.5) is 4.79 Å². The summed E-state index contributed by atoms with van der Waals surface area (Å²) in [7, 11) is 3.45. The Morgan fingerprint density at radius 3 is 2.52 bits per heavy atom. The zero-order chi connectivity index (χ0) is 30.3. The number of carbonyl (C=O) groups is 3. The molecule has 0 spiro atoms. The highest BCUT2D eigenvalue weighted by atomic mass is 32.2. The Bertz CT molecular complexity index is 1230. The molecule has 3 heterocycles. The molecule has 3 saturated heterocycles. The fourth-order valence-corrected chi connectivity index (χ4v) is 6.89. The second-order valence-corrected chi connectivity index (χ2v) is 13.6. The largest absolute Gasteiger partial charge is 0.444 e. The first-order chi connectivity index (χ1) is 19.9. The van der Waals surface area contributed by atoms with Crippen LogP contribution in [0.2, 0.25) is 0 Å². The first-order valence-corrected chi connectivity index (χ1v) is 15.2. The molecular weight excluding hydrogens is 560 g/mol. The molecule has 2 bridgehead atoms. The van der Waals surface area contributed by atoms with E-state index < -0.39 is 23.8 Å². The predicted molar refractivity (Wildman–Crippen MR) is 153 cm³/mol. The van der Waals surface area contributed by atoms with E-state index in [1.165, 1.54) is 5.06 Å². The Hall–Kier alpha value is -2.89. The molecule has 1 N–H and O–H groups in total. The van der Waals surface area contributed by atoms with Gasteiger partial charge in [0.05, 0.1) is 30.2 Å². The fraction of sp³-hybridized carbons (Fsp3) is 0.655.